The fraction of sp³-hybridized carbons (Fsp3) is 1.00. The lowest BCUT2D eigenvalue weighted by atomic mass is 9.67. The lowest BCUT2D eigenvalue weighted by Gasteiger charge is -2.43. The molecule has 0 radical (unpaired) electrons. The van der Waals surface area contributed by atoms with Gasteiger partial charge in [0.15, 0.2) is 0 Å². The lowest BCUT2D eigenvalue weighted by Crippen LogP contribution is -2.49. The summed E-state index contributed by atoms with van der Waals surface area (Å²) in [5.41, 5.74) is 0. The minimum atomic E-state index is -0.391. The number of fused-ring (bicyclic) bond motifs is 2. The van der Waals surface area contributed by atoms with Crippen LogP contribution in [0.2, 0.25) is 0 Å². The average Bonchev–Trinajstić information content (AvgIpc) is 2.76. The topological polar surface area (TPSA) is 40.5 Å². The molecule has 4 fully saturated rings. The van der Waals surface area contributed by atoms with Gasteiger partial charge in [-0.3, -0.25) is 0 Å². The van der Waals surface area contributed by atoms with Crippen LogP contribution in [0.15, 0.2) is 0 Å². The molecule has 0 amide bonds. The van der Waals surface area contributed by atoms with E-state index >= 15 is 0 Å². The Kier molecular flexibility index (Phi) is 1.06. The Bertz CT molecular complexity index is 172. The summed E-state index contributed by atoms with van der Waals surface area (Å²) in [4.78, 5) is 0. The van der Waals surface area contributed by atoms with E-state index in [-0.39, 0.29) is 0 Å². The van der Waals surface area contributed by atoms with Crippen LogP contribution in [0, 0.1) is 23.7 Å². The molecule has 0 heterocycles. The van der Waals surface area contributed by atoms with Gasteiger partial charge in [0.25, 0.3) is 0 Å². The summed E-state index contributed by atoms with van der Waals surface area (Å²) in [7, 11) is 0. The highest BCUT2D eigenvalue weighted by Gasteiger charge is 2.60. The standard InChI is InChI=1S/C9H14O2/c10-8-4-1-2-5(9(8)11)7-3-6(4)7/h4-11H,1-3H2/t4-,5+,6+,7-,8+,9-. The van der Waals surface area contributed by atoms with Gasteiger partial charge in [-0.1, -0.05) is 0 Å². The molecule has 0 aromatic carbocycles. The van der Waals surface area contributed by atoms with E-state index in [0.717, 1.165) is 24.7 Å². The van der Waals surface area contributed by atoms with Gasteiger partial charge in [-0.05, 0) is 42.9 Å². The van der Waals surface area contributed by atoms with Crippen molar-refractivity contribution in [2.45, 2.75) is 31.5 Å². The Morgan fingerprint density at radius 1 is 0.727 bits per heavy atom. The molecular formula is C9H14O2. The van der Waals surface area contributed by atoms with E-state index in [1.807, 2.05) is 0 Å². The molecule has 2 N–H and O–H groups in total. The molecule has 0 saturated heterocycles. The molecule has 4 aliphatic rings. The normalized spacial score (nSPS) is 66.0. The number of aliphatic hydroxyl groups is 2. The van der Waals surface area contributed by atoms with Gasteiger partial charge in [-0.15, -0.1) is 0 Å². The Hall–Kier alpha value is -0.0800. The fourth-order valence-corrected chi connectivity index (χ4v) is 3.39. The second-order valence-corrected chi connectivity index (χ2v) is 4.45. The van der Waals surface area contributed by atoms with Crippen molar-refractivity contribution < 1.29 is 10.2 Å². The summed E-state index contributed by atoms with van der Waals surface area (Å²) < 4.78 is 0. The van der Waals surface area contributed by atoms with E-state index in [1.54, 1.807) is 0 Å². The van der Waals surface area contributed by atoms with Crippen molar-refractivity contribution in [3.8, 4) is 0 Å². The second-order valence-electron chi connectivity index (χ2n) is 4.45. The van der Waals surface area contributed by atoms with Crippen molar-refractivity contribution in [3.05, 3.63) is 0 Å². The number of aliphatic hydroxyl groups excluding tert-OH is 2. The summed E-state index contributed by atoms with van der Waals surface area (Å²) in [5.74, 6) is 2.46. The summed E-state index contributed by atoms with van der Waals surface area (Å²) in [6, 6.07) is 0. The maximum Gasteiger partial charge on any atom is 0.0832 e. The van der Waals surface area contributed by atoms with Crippen molar-refractivity contribution >= 4 is 0 Å². The minimum absolute atomic E-state index is 0.391. The van der Waals surface area contributed by atoms with Gasteiger partial charge in [0.1, 0.15) is 0 Å². The Labute approximate surface area is 66.2 Å². The second kappa shape index (κ2) is 1.80. The molecule has 0 spiro atoms. The third-order valence-corrected chi connectivity index (χ3v) is 4.05. The first-order valence-corrected chi connectivity index (χ1v) is 4.65. The van der Waals surface area contributed by atoms with E-state index < -0.39 is 12.2 Å². The monoisotopic (exact) mass is 154 g/mol. The van der Waals surface area contributed by atoms with E-state index in [9.17, 15) is 10.2 Å². The minimum Gasteiger partial charge on any atom is -0.390 e. The van der Waals surface area contributed by atoms with Crippen LogP contribution in [-0.2, 0) is 0 Å². The first-order chi connectivity index (χ1) is 5.29. The third kappa shape index (κ3) is 0.651. The highest BCUT2D eigenvalue weighted by atomic mass is 16.3. The van der Waals surface area contributed by atoms with Crippen LogP contribution in [0.25, 0.3) is 0 Å². The maximum atomic E-state index is 9.61. The van der Waals surface area contributed by atoms with E-state index in [2.05, 4.69) is 0 Å². The molecule has 11 heavy (non-hydrogen) atoms. The molecule has 6 atom stereocenters. The Morgan fingerprint density at radius 3 is 1.64 bits per heavy atom. The van der Waals surface area contributed by atoms with Gasteiger partial charge >= 0.3 is 0 Å². The number of rotatable bonds is 0. The fourth-order valence-electron chi connectivity index (χ4n) is 3.39. The first kappa shape index (κ1) is 6.44. The largest absolute Gasteiger partial charge is 0.390 e. The summed E-state index contributed by atoms with van der Waals surface area (Å²) in [5, 5.41) is 19.2. The van der Waals surface area contributed by atoms with Crippen LogP contribution < -0.4 is 0 Å². The van der Waals surface area contributed by atoms with Crippen LogP contribution in [0.3, 0.4) is 0 Å². The average molecular weight is 154 g/mol. The van der Waals surface area contributed by atoms with Gasteiger partial charge in [-0.2, -0.15) is 0 Å². The summed E-state index contributed by atoms with van der Waals surface area (Å²) >= 11 is 0. The zero-order valence-corrected chi connectivity index (χ0v) is 6.48. The zero-order valence-electron chi connectivity index (χ0n) is 6.48. The number of hydrogen-bond donors (Lipinski definition) is 2. The molecule has 0 unspecified atom stereocenters. The van der Waals surface area contributed by atoms with Crippen LogP contribution in [-0.4, -0.2) is 22.4 Å². The first-order valence-electron chi connectivity index (χ1n) is 4.65. The molecule has 4 aliphatic carbocycles. The van der Waals surface area contributed by atoms with Gasteiger partial charge in [0, 0.05) is 0 Å². The molecule has 4 saturated carbocycles. The molecule has 0 aromatic heterocycles. The molecule has 4 rings (SSSR count). The lowest BCUT2D eigenvalue weighted by molar-refractivity contribution is -0.113. The van der Waals surface area contributed by atoms with Crippen LogP contribution >= 0.6 is 0 Å². The van der Waals surface area contributed by atoms with Crippen LogP contribution in [0.1, 0.15) is 19.3 Å². The molecule has 62 valence electrons. The predicted octanol–water partition coefficient (Wildman–Crippen LogP) is 0.384. The van der Waals surface area contributed by atoms with Gasteiger partial charge in [0.05, 0.1) is 12.2 Å². The van der Waals surface area contributed by atoms with Crippen LogP contribution in [0.4, 0.5) is 0 Å². The molecule has 2 bridgehead atoms. The summed E-state index contributed by atoms with van der Waals surface area (Å²) in [6.45, 7) is 0. The highest BCUT2D eigenvalue weighted by molar-refractivity contribution is 5.09. The molecule has 0 aliphatic heterocycles. The Morgan fingerprint density at radius 2 is 1.18 bits per heavy atom. The molecule has 2 nitrogen and oxygen atoms in total. The maximum absolute atomic E-state index is 9.61. The third-order valence-electron chi connectivity index (χ3n) is 4.05. The van der Waals surface area contributed by atoms with Gasteiger partial charge in [-0.25, -0.2) is 0 Å². The van der Waals surface area contributed by atoms with E-state index in [1.165, 1.54) is 6.42 Å². The molecule has 0 aromatic rings. The smallest absolute Gasteiger partial charge is 0.0832 e. The SMILES string of the molecule is O[C@@H]1[C@H](O)[C@H]2CC[C@@H]1[C@@H]1C[C@@H]12. The molecular weight excluding hydrogens is 140 g/mol. The highest BCUT2D eigenvalue weighted by Crippen LogP contribution is 2.62. The van der Waals surface area contributed by atoms with Gasteiger partial charge < -0.3 is 10.2 Å². The van der Waals surface area contributed by atoms with Gasteiger partial charge in [0.2, 0.25) is 0 Å². The van der Waals surface area contributed by atoms with Crippen LogP contribution in [0.5, 0.6) is 0 Å². The quantitative estimate of drug-likeness (QED) is 0.529. The van der Waals surface area contributed by atoms with E-state index in [0.29, 0.717) is 11.8 Å². The van der Waals surface area contributed by atoms with Crippen molar-refractivity contribution in [2.75, 3.05) is 0 Å². The van der Waals surface area contributed by atoms with Crippen molar-refractivity contribution in [3.63, 3.8) is 0 Å². The van der Waals surface area contributed by atoms with Crippen molar-refractivity contribution in [1.82, 2.24) is 0 Å². The predicted molar refractivity (Wildman–Crippen MR) is 39.8 cm³/mol. The van der Waals surface area contributed by atoms with Crippen molar-refractivity contribution in [2.24, 2.45) is 23.7 Å². The molecule has 2 heteroatoms. The van der Waals surface area contributed by atoms with Crippen molar-refractivity contribution in [1.29, 1.82) is 0 Å². The van der Waals surface area contributed by atoms with E-state index in [4.69, 9.17) is 0 Å². The number of hydrogen-bond acceptors (Lipinski definition) is 2. The zero-order chi connectivity index (χ0) is 7.59. The Balaban J connectivity index is 1.94. The summed E-state index contributed by atoms with van der Waals surface area (Å²) in [6.07, 6.45) is 2.81.